The third-order valence-electron chi connectivity index (χ3n) is 5.80. The summed E-state index contributed by atoms with van der Waals surface area (Å²) in [6.45, 7) is 1.93. The van der Waals surface area contributed by atoms with Crippen LogP contribution in [0.3, 0.4) is 0 Å². The lowest BCUT2D eigenvalue weighted by Crippen LogP contribution is -2.15. The van der Waals surface area contributed by atoms with Crippen LogP contribution >= 0.6 is 0 Å². The minimum atomic E-state index is -0.258. The summed E-state index contributed by atoms with van der Waals surface area (Å²) in [4.78, 5) is 4.76. The van der Waals surface area contributed by atoms with E-state index in [1.807, 2.05) is 67.6 Å². The number of aromatic hydroxyl groups is 1. The number of aromatic nitrogens is 3. The second kappa shape index (κ2) is 8.76. The summed E-state index contributed by atoms with van der Waals surface area (Å²) in [6.07, 6.45) is 1.76. The number of nitrogens with one attached hydrogen (secondary N) is 2. The molecule has 1 atom stereocenters. The van der Waals surface area contributed by atoms with Crippen molar-refractivity contribution < 1.29 is 10.2 Å². The SMILES string of the molecule is Cc1n[nH]c2ccc(-c3cc(NC(CO)c4ccccc4)cnc3-c3cccc(O)c3)cc12. The predicted octanol–water partition coefficient (Wildman–Crippen LogP) is 5.45. The van der Waals surface area contributed by atoms with Crippen molar-refractivity contribution in [3.63, 3.8) is 0 Å². The van der Waals surface area contributed by atoms with Gasteiger partial charge in [0.1, 0.15) is 5.75 Å². The van der Waals surface area contributed by atoms with Crippen LogP contribution in [0.2, 0.25) is 0 Å². The summed E-state index contributed by atoms with van der Waals surface area (Å²) >= 11 is 0. The molecule has 6 nitrogen and oxygen atoms in total. The molecule has 5 rings (SSSR count). The number of hydrogen-bond acceptors (Lipinski definition) is 5. The third kappa shape index (κ3) is 4.16. The number of nitrogens with zero attached hydrogens (tertiary/aromatic N) is 2. The average molecular weight is 437 g/mol. The number of fused-ring (bicyclic) bond motifs is 1. The smallest absolute Gasteiger partial charge is 0.116 e. The Morgan fingerprint density at radius 2 is 1.79 bits per heavy atom. The molecule has 33 heavy (non-hydrogen) atoms. The van der Waals surface area contributed by atoms with Crippen molar-refractivity contribution in [1.82, 2.24) is 15.2 Å². The molecule has 3 aromatic carbocycles. The Hall–Kier alpha value is -4.16. The van der Waals surface area contributed by atoms with Crippen molar-refractivity contribution in [3.05, 3.63) is 96.3 Å². The van der Waals surface area contributed by atoms with Gasteiger partial charge in [-0.1, -0.05) is 48.5 Å². The van der Waals surface area contributed by atoms with Crippen LogP contribution in [0.25, 0.3) is 33.3 Å². The molecule has 6 heteroatoms. The molecule has 164 valence electrons. The highest BCUT2D eigenvalue weighted by Gasteiger charge is 2.15. The number of aliphatic hydroxyl groups is 1. The predicted molar refractivity (Wildman–Crippen MR) is 131 cm³/mol. The minimum Gasteiger partial charge on any atom is -0.508 e. The number of pyridine rings is 1. The summed E-state index contributed by atoms with van der Waals surface area (Å²) in [5, 5.41) is 31.8. The lowest BCUT2D eigenvalue weighted by Gasteiger charge is -2.19. The van der Waals surface area contributed by atoms with Crippen LogP contribution < -0.4 is 5.32 Å². The zero-order chi connectivity index (χ0) is 22.8. The van der Waals surface area contributed by atoms with Crippen molar-refractivity contribution in [3.8, 4) is 28.1 Å². The molecule has 1 unspecified atom stereocenters. The number of rotatable bonds is 6. The van der Waals surface area contributed by atoms with Crippen molar-refractivity contribution >= 4 is 16.6 Å². The lowest BCUT2D eigenvalue weighted by atomic mass is 9.97. The molecule has 5 aromatic rings. The molecule has 0 spiro atoms. The van der Waals surface area contributed by atoms with E-state index >= 15 is 0 Å². The first-order valence-corrected chi connectivity index (χ1v) is 10.8. The Balaban J connectivity index is 1.62. The fourth-order valence-electron chi connectivity index (χ4n) is 4.08. The number of aliphatic hydroxyl groups excluding tert-OH is 1. The van der Waals surface area contributed by atoms with Gasteiger partial charge in [0.2, 0.25) is 0 Å². The molecular weight excluding hydrogens is 412 g/mol. The molecule has 0 amide bonds. The molecule has 0 aliphatic carbocycles. The van der Waals surface area contributed by atoms with Crippen molar-refractivity contribution in [2.75, 3.05) is 11.9 Å². The zero-order valence-corrected chi connectivity index (χ0v) is 18.2. The van der Waals surface area contributed by atoms with Gasteiger partial charge in [-0.05, 0) is 48.4 Å². The molecule has 0 saturated carbocycles. The van der Waals surface area contributed by atoms with E-state index in [1.165, 1.54) is 0 Å². The first-order chi connectivity index (χ1) is 16.1. The molecule has 4 N–H and O–H groups in total. The lowest BCUT2D eigenvalue weighted by molar-refractivity contribution is 0.276. The number of aryl methyl sites for hydroxylation is 1. The maximum atomic E-state index is 10.0. The Morgan fingerprint density at radius 3 is 2.58 bits per heavy atom. The van der Waals surface area contributed by atoms with Crippen molar-refractivity contribution in [2.24, 2.45) is 0 Å². The van der Waals surface area contributed by atoms with Crippen molar-refractivity contribution in [2.45, 2.75) is 13.0 Å². The number of hydrogen-bond donors (Lipinski definition) is 4. The number of H-pyrrole nitrogens is 1. The van der Waals surface area contributed by atoms with Crippen LogP contribution in [0.5, 0.6) is 5.75 Å². The summed E-state index contributed by atoms with van der Waals surface area (Å²) < 4.78 is 0. The van der Waals surface area contributed by atoms with Gasteiger partial charge in [-0.3, -0.25) is 10.1 Å². The maximum absolute atomic E-state index is 10.0. The normalized spacial score (nSPS) is 12.1. The highest BCUT2D eigenvalue weighted by molar-refractivity contribution is 5.90. The van der Waals surface area contributed by atoms with Crippen molar-refractivity contribution in [1.29, 1.82) is 0 Å². The van der Waals surface area contributed by atoms with Crippen LogP contribution in [0.4, 0.5) is 5.69 Å². The first kappa shape index (κ1) is 20.7. The maximum Gasteiger partial charge on any atom is 0.116 e. The summed E-state index contributed by atoms with van der Waals surface area (Å²) in [7, 11) is 0. The molecule has 0 bridgehead atoms. The van der Waals surface area contributed by atoms with Gasteiger partial charge in [0, 0.05) is 16.5 Å². The Bertz CT molecular complexity index is 1410. The second-order valence-corrected chi connectivity index (χ2v) is 8.03. The van der Waals surface area contributed by atoms with E-state index in [-0.39, 0.29) is 18.4 Å². The standard InChI is InChI=1S/C27H24N4O2/c1-17-23-13-19(10-11-25(23)31-30-17)24-14-21(29-26(16-32)18-6-3-2-4-7-18)15-28-27(24)20-8-5-9-22(33)12-20/h2-15,26,29,32-33H,16H2,1H3,(H,30,31). The highest BCUT2D eigenvalue weighted by Crippen LogP contribution is 2.36. The number of benzene rings is 3. The van der Waals surface area contributed by atoms with E-state index in [1.54, 1.807) is 18.3 Å². The second-order valence-electron chi connectivity index (χ2n) is 8.03. The van der Waals surface area contributed by atoms with E-state index in [0.29, 0.717) is 0 Å². The summed E-state index contributed by atoms with van der Waals surface area (Å²) in [5.41, 5.74) is 7.17. The van der Waals surface area contributed by atoms with E-state index in [4.69, 9.17) is 4.98 Å². The van der Waals surface area contributed by atoms with Gasteiger partial charge in [0.05, 0.1) is 41.4 Å². The first-order valence-electron chi connectivity index (χ1n) is 10.8. The quantitative estimate of drug-likeness (QED) is 0.284. The number of anilines is 1. The van der Waals surface area contributed by atoms with Gasteiger partial charge in [-0.15, -0.1) is 0 Å². The third-order valence-corrected chi connectivity index (χ3v) is 5.80. The summed E-state index contributed by atoms with van der Waals surface area (Å²) in [5.74, 6) is 0.188. The molecule has 2 heterocycles. The fraction of sp³-hybridized carbons (Fsp3) is 0.111. The Kier molecular flexibility index (Phi) is 5.50. The monoisotopic (exact) mass is 436 g/mol. The molecular formula is C27H24N4O2. The fourth-order valence-corrected chi connectivity index (χ4v) is 4.08. The highest BCUT2D eigenvalue weighted by atomic mass is 16.3. The Labute approximate surface area is 191 Å². The van der Waals surface area contributed by atoms with Crippen LogP contribution in [0, 0.1) is 6.92 Å². The number of phenols is 1. The van der Waals surface area contributed by atoms with Gasteiger partial charge < -0.3 is 15.5 Å². The number of phenolic OH excluding ortho intramolecular Hbond substituents is 1. The molecule has 0 aliphatic rings. The van der Waals surface area contributed by atoms with Crippen LogP contribution in [0.1, 0.15) is 17.3 Å². The molecule has 0 saturated heterocycles. The number of aromatic amines is 1. The van der Waals surface area contributed by atoms with Crippen LogP contribution in [-0.4, -0.2) is 32.0 Å². The molecule has 0 fully saturated rings. The summed E-state index contributed by atoms with van der Waals surface area (Å²) in [6, 6.07) is 24.9. The molecule has 0 radical (unpaired) electrons. The van der Waals surface area contributed by atoms with E-state index in [9.17, 15) is 10.2 Å². The van der Waals surface area contributed by atoms with Gasteiger partial charge in [0.25, 0.3) is 0 Å². The topological polar surface area (TPSA) is 94.1 Å². The average Bonchev–Trinajstić information content (AvgIpc) is 3.23. The van der Waals surface area contributed by atoms with Crippen LogP contribution in [-0.2, 0) is 0 Å². The van der Waals surface area contributed by atoms with E-state index in [2.05, 4.69) is 21.6 Å². The zero-order valence-electron chi connectivity index (χ0n) is 18.2. The molecule has 0 aliphatic heterocycles. The Morgan fingerprint density at radius 1 is 0.939 bits per heavy atom. The van der Waals surface area contributed by atoms with Gasteiger partial charge >= 0.3 is 0 Å². The minimum absolute atomic E-state index is 0.0478. The van der Waals surface area contributed by atoms with Crippen LogP contribution in [0.15, 0.2) is 85.1 Å². The molecule has 2 aromatic heterocycles. The van der Waals surface area contributed by atoms with Gasteiger partial charge in [-0.25, -0.2) is 0 Å². The van der Waals surface area contributed by atoms with E-state index < -0.39 is 0 Å². The van der Waals surface area contributed by atoms with Gasteiger partial charge in [0.15, 0.2) is 0 Å². The van der Waals surface area contributed by atoms with Gasteiger partial charge in [-0.2, -0.15) is 5.10 Å². The van der Waals surface area contributed by atoms with E-state index in [0.717, 1.165) is 50.2 Å². The largest absolute Gasteiger partial charge is 0.508 e.